The third-order valence-electron chi connectivity index (χ3n) is 3.36. The molecule has 0 fully saturated rings. The van der Waals surface area contributed by atoms with Crippen LogP contribution in [0.1, 0.15) is 16.7 Å². The number of hydrogen-bond donors (Lipinski definition) is 2. The molecule has 0 atom stereocenters. The van der Waals surface area contributed by atoms with Gasteiger partial charge in [0.15, 0.2) is 0 Å². The van der Waals surface area contributed by atoms with Crippen molar-refractivity contribution in [3.05, 3.63) is 58.9 Å². The molecule has 2 aromatic rings. The molecule has 0 amide bonds. The van der Waals surface area contributed by atoms with E-state index < -0.39 is 15.8 Å². The second kappa shape index (κ2) is 5.83. The highest BCUT2D eigenvalue weighted by Gasteiger charge is 2.17. The summed E-state index contributed by atoms with van der Waals surface area (Å²) in [6.45, 7) is 3.64. The molecular formula is C15H17FN2O2S. The summed E-state index contributed by atoms with van der Waals surface area (Å²) in [6.07, 6.45) is 0. The van der Waals surface area contributed by atoms with Crippen LogP contribution >= 0.6 is 0 Å². The average molecular weight is 308 g/mol. The van der Waals surface area contributed by atoms with Crippen molar-refractivity contribution in [2.45, 2.75) is 25.3 Å². The molecule has 2 rings (SSSR count). The molecular weight excluding hydrogens is 291 g/mol. The lowest BCUT2D eigenvalue weighted by Gasteiger charge is -2.12. The van der Waals surface area contributed by atoms with Gasteiger partial charge in [-0.1, -0.05) is 12.1 Å². The Kier molecular flexibility index (Phi) is 4.29. The van der Waals surface area contributed by atoms with Gasteiger partial charge in [-0.25, -0.2) is 12.8 Å². The van der Waals surface area contributed by atoms with E-state index in [9.17, 15) is 12.8 Å². The summed E-state index contributed by atoms with van der Waals surface area (Å²) in [5.74, 6) is -0.457. The van der Waals surface area contributed by atoms with Gasteiger partial charge in [-0.15, -0.1) is 0 Å². The molecule has 3 N–H and O–H groups in total. The monoisotopic (exact) mass is 308 g/mol. The van der Waals surface area contributed by atoms with Gasteiger partial charge >= 0.3 is 0 Å². The Morgan fingerprint density at radius 1 is 1.19 bits per heavy atom. The van der Waals surface area contributed by atoms with Crippen LogP contribution in [-0.4, -0.2) is 8.42 Å². The lowest BCUT2D eigenvalue weighted by atomic mass is 10.1. The van der Waals surface area contributed by atoms with E-state index in [-0.39, 0.29) is 22.7 Å². The molecule has 6 heteroatoms. The molecule has 0 unspecified atom stereocenters. The van der Waals surface area contributed by atoms with Crippen molar-refractivity contribution in [2.75, 3.05) is 4.72 Å². The Hall–Kier alpha value is -1.92. The molecule has 0 radical (unpaired) electrons. The van der Waals surface area contributed by atoms with Gasteiger partial charge in [-0.3, -0.25) is 4.72 Å². The van der Waals surface area contributed by atoms with E-state index in [4.69, 9.17) is 5.73 Å². The van der Waals surface area contributed by atoms with Gasteiger partial charge in [0.25, 0.3) is 10.0 Å². The van der Waals surface area contributed by atoms with Crippen LogP contribution in [-0.2, 0) is 16.6 Å². The van der Waals surface area contributed by atoms with Gasteiger partial charge in [0.1, 0.15) is 5.82 Å². The van der Waals surface area contributed by atoms with E-state index >= 15 is 0 Å². The molecule has 0 spiro atoms. The zero-order chi connectivity index (χ0) is 15.6. The Morgan fingerprint density at radius 3 is 2.57 bits per heavy atom. The van der Waals surface area contributed by atoms with Gasteiger partial charge in [0, 0.05) is 12.1 Å². The van der Waals surface area contributed by atoms with Gasteiger partial charge in [-0.05, 0) is 49.2 Å². The maximum atomic E-state index is 13.5. The van der Waals surface area contributed by atoms with Gasteiger partial charge in [0.2, 0.25) is 0 Å². The number of rotatable bonds is 4. The summed E-state index contributed by atoms with van der Waals surface area (Å²) in [5, 5.41) is 0. The molecule has 0 aromatic heterocycles. The molecule has 0 aliphatic carbocycles. The van der Waals surface area contributed by atoms with Crippen LogP contribution in [0, 0.1) is 19.7 Å². The molecule has 2 aromatic carbocycles. The first-order chi connectivity index (χ1) is 9.85. The van der Waals surface area contributed by atoms with E-state index in [1.165, 1.54) is 37.3 Å². The van der Waals surface area contributed by atoms with Crippen LogP contribution in [0.3, 0.4) is 0 Å². The number of nitrogens with one attached hydrogen (secondary N) is 1. The van der Waals surface area contributed by atoms with E-state index in [1.54, 1.807) is 6.07 Å². The molecule has 112 valence electrons. The van der Waals surface area contributed by atoms with Crippen molar-refractivity contribution in [2.24, 2.45) is 5.73 Å². The standard InChI is InChI=1S/C15H17FN2O2S/c1-10-6-7-13(8-12(10)9-17)21(19,20)18-15-5-3-4-14(16)11(15)2/h3-8,18H,9,17H2,1-2H3. The molecule has 0 heterocycles. The molecule has 0 saturated heterocycles. The van der Waals surface area contributed by atoms with Gasteiger partial charge in [0.05, 0.1) is 10.6 Å². The van der Waals surface area contributed by atoms with Crippen LogP contribution in [0.25, 0.3) is 0 Å². The first kappa shape index (κ1) is 15.5. The third-order valence-corrected chi connectivity index (χ3v) is 4.73. The fraction of sp³-hybridized carbons (Fsp3) is 0.200. The van der Waals surface area contributed by atoms with E-state index in [2.05, 4.69) is 4.72 Å². The molecule has 4 nitrogen and oxygen atoms in total. The molecule has 0 saturated carbocycles. The Labute approximate surface area is 123 Å². The van der Waals surface area contributed by atoms with Crippen LogP contribution in [0.5, 0.6) is 0 Å². The van der Waals surface area contributed by atoms with Gasteiger partial charge < -0.3 is 5.73 Å². The summed E-state index contributed by atoms with van der Waals surface area (Å²) in [7, 11) is -3.77. The Balaban J connectivity index is 2.41. The quantitative estimate of drug-likeness (QED) is 0.912. The first-order valence-electron chi connectivity index (χ1n) is 6.42. The van der Waals surface area contributed by atoms with Crippen LogP contribution in [0.2, 0.25) is 0 Å². The predicted octanol–water partition coefficient (Wildman–Crippen LogP) is 2.70. The number of aryl methyl sites for hydroxylation is 1. The number of benzene rings is 2. The number of nitrogens with two attached hydrogens (primary N) is 1. The Bertz CT molecular complexity index is 773. The maximum absolute atomic E-state index is 13.5. The molecule has 0 bridgehead atoms. The maximum Gasteiger partial charge on any atom is 0.261 e. The lowest BCUT2D eigenvalue weighted by Crippen LogP contribution is -2.15. The minimum absolute atomic E-state index is 0.109. The van der Waals surface area contributed by atoms with Crippen molar-refractivity contribution < 1.29 is 12.8 Å². The topological polar surface area (TPSA) is 72.2 Å². The molecule has 21 heavy (non-hydrogen) atoms. The third kappa shape index (κ3) is 3.22. The van der Waals surface area contributed by atoms with Crippen molar-refractivity contribution in [1.82, 2.24) is 0 Å². The highest BCUT2D eigenvalue weighted by atomic mass is 32.2. The Morgan fingerprint density at radius 2 is 1.90 bits per heavy atom. The smallest absolute Gasteiger partial charge is 0.261 e. The van der Waals surface area contributed by atoms with E-state index in [0.29, 0.717) is 0 Å². The zero-order valence-corrected chi connectivity index (χ0v) is 12.7. The summed E-state index contributed by atoms with van der Waals surface area (Å²) in [4.78, 5) is 0.109. The number of hydrogen-bond acceptors (Lipinski definition) is 3. The second-order valence-electron chi connectivity index (χ2n) is 4.81. The normalized spacial score (nSPS) is 11.4. The summed E-state index contributed by atoms with van der Waals surface area (Å²) < 4.78 is 40.6. The largest absolute Gasteiger partial charge is 0.326 e. The van der Waals surface area contributed by atoms with Crippen molar-refractivity contribution in [3.63, 3.8) is 0 Å². The average Bonchev–Trinajstić information content (AvgIpc) is 2.44. The van der Waals surface area contributed by atoms with Crippen molar-refractivity contribution >= 4 is 15.7 Å². The summed E-state index contributed by atoms with van der Waals surface area (Å²) in [5.41, 5.74) is 7.77. The predicted molar refractivity (Wildman–Crippen MR) is 81.0 cm³/mol. The summed E-state index contributed by atoms with van der Waals surface area (Å²) in [6, 6.07) is 9.01. The zero-order valence-electron chi connectivity index (χ0n) is 11.9. The fourth-order valence-corrected chi connectivity index (χ4v) is 3.13. The number of halogens is 1. The minimum atomic E-state index is -3.77. The fourth-order valence-electron chi connectivity index (χ4n) is 1.96. The molecule has 0 aliphatic rings. The van der Waals surface area contributed by atoms with Crippen molar-refractivity contribution in [3.8, 4) is 0 Å². The lowest BCUT2D eigenvalue weighted by molar-refractivity contribution is 0.600. The highest BCUT2D eigenvalue weighted by molar-refractivity contribution is 7.92. The minimum Gasteiger partial charge on any atom is -0.326 e. The van der Waals surface area contributed by atoms with Crippen molar-refractivity contribution in [1.29, 1.82) is 0 Å². The number of sulfonamides is 1. The van der Waals surface area contributed by atoms with E-state index in [1.807, 2.05) is 6.92 Å². The number of anilines is 1. The van der Waals surface area contributed by atoms with Crippen LogP contribution < -0.4 is 10.5 Å². The second-order valence-corrected chi connectivity index (χ2v) is 6.49. The first-order valence-corrected chi connectivity index (χ1v) is 7.91. The SMILES string of the molecule is Cc1ccc(S(=O)(=O)Nc2cccc(F)c2C)cc1CN. The highest BCUT2D eigenvalue weighted by Crippen LogP contribution is 2.22. The van der Waals surface area contributed by atoms with Crippen LogP contribution in [0.4, 0.5) is 10.1 Å². The molecule has 0 aliphatic heterocycles. The van der Waals surface area contributed by atoms with Crippen LogP contribution in [0.15, 0.2) is 41.3 Å². The summed E-state index contributed by atoms with van der Waals surface area (Å²) >= 11 is 0. The van der Waals surface area contributed by atoms with E-state index in [0.717, 1.165) is 11.1 Å². The van der Waals surface area contributed by atoms with Gasteiger partial charge in [-0.2, -0.15) is 0 Å².